The van der Waals surface area contributed by atoms with Crippen LogP contribution in [-0.2, 0) is 0 Å². The van der Waals surface area contributed by atoms with E-state index in [1.807, 2.05) is 0 Å². The van der Waals surface area contributed by atoms with Gasteiger partial charge >= 0.3 is 0 Å². The van der Waals surface area contributed by atoms with Gasteiger partial charge in [-0.2, -0.15) is 5.10 Å². The minimum absolute atomic E-state index is 0.0334. The van der Waals surface area contributed by atoms with Crippen molar-refractivity contribution in [3.8, 4) is 0 Å². The summed E-state index contributed by atoms with van der Waals surface area (Å²) in [5.74, 6) is 0.330. The van der Waals surface area contributed by atoms with Crippen molar-refractivity contribution in [2.24, 2.45) is 0 Å². The number of hydrogen-bond acceptors (Lipinski definition) is 4. The van der Waals surface area contributed by atoms with Crippen molar-refractivity contribution in [2.75, 3.05) is 0 Å². The molecule has 23 heavy (non-hydrogen) atoms. The van der Waals surface area contributed by atoms with E-state index in [0.717, 1.165) is 17.7 Å². The Hall–Kier alpha value is -1.54. The van der Waals surface area contributed by atoms with E-state index in [0.29, 0.717) is 21.1 Å². The molecule has 0 radical (unpaired) electrons. The molecule has 4 atom stereocenters. The smallest absolute Gasteiger partial charge is 0.267 e. The van der Waals surface area contributed by atoms with Crippen molar-refractivity contribution >= 4 is 43.5 Å². The molecule has 1 aromatic heterocycles. The molecule has 2 aliphatic rings. The Morgan fingerprint density at radius 1 is 1.30 bits per heavy atom. The quantitative estimate of drug-likeness (QED) is 0.406. The third kappa shape index (κ3) is 2.11. The van der Waals surface area contributed by atoms with Crippen LogP contribution in [0.15, 0.2) is 30.5 Å². The summed E-state index contributed by atoms with van der Waals surface area (Å²) < 4.78 is 1.45. The van der Waals surface area contributed by atoms with E-state index in [9.17, 15) is 14.9 Å². The predicted molar refractivity (Wildman–Crippen MR) is 90.6 cm³/mol. The fourth-order valence-electron chi connectivity index (χ4n) is 3.61. The normalized spacial score (nSPS) is 27.9. The number of nitro benzene ring substituents is 1. The van der Waals surface area contributed by atoms with Crippen molar-refractivity contribution in [1.29, 1.82) is 0 Å². The molecule has 0 aliphatic heterocycles. The summed E-state index contributed by atoms with van der Waals surface area (Å²) in [6, 6.07) is 5.62. The number of alkyl halides is 2. The molecular formula is C15H11Br2N3O3. The molecule has 1 heterocycles. The number of fused-ring (bicyclic) bond motifs is 5. The fourth-order valence-corrected chi connectivity index (χ4v) is 6.15. The summed E-state index contributed by atoms with van der Waals surface area (Å²) in [5.41, 5.74) is 2.44. The second-order valence-electron chi connectivity index (χ2n) is 5.83. The summed E-state index contributed by atoms with van der Waals surface area (Å²) in [7, 11) is 0. The van der Waals surface area contributed by atoms with E-state index in [-0.39, 0.29) is 17.5 Å². The van der Waals surface area contributed by atoms with E-state index < -0.39 is 4.92 Å². The number of non-ortho nitro benzene ring substituents is 1. The van der Waals surface area contributed by atoms with Crippen LogP contribution in [-0.4, -0.2) is 30.3 Å². The third-order valence-electron chi connectivity index (χ3n) is 4.66. The first-order chi connectivity index (χ1) is 11.0. The molecule has 4 rings (SSSR count). The largest absolute Gasteiger partial charge is 0.278 e. The van der Waals surface area contributed by atoms with Crippen molar-refractivity contribution in [2.45, 2.75) is 27.9 Å². The lowest BCUT2D eigenvalue weighted by Gasteiger charge is -2.16. The zero-order valence-electron chi connectivity index (χ0n) is 11.7. The molecule has 1 fully saturated rings. The number of halogens is 2. The molecule has 0 spiro atoms. The number of nitro groups is 1. The van der Waals surface area contributed by atoms with Gasteiger partial charge in [-0.05, 0) is 24.1 Å². The third-order valence-corrected chi connectivity index (χ3v) is 6.81. The Labute approximate surface area is 148 Å². The van der Waals surface area contributed by atoms with Crippen molar-refractivity contribution in [3.63, 3.8) is 0 Å². The zero-order chi connectivity index (χ0) is 16.3. The minimum atomic E-state index is -0.482. The molecule has 0 saturated heterocycles. The van der Waals surface area contributed by atoms with E-state index in [1.165, 1.54) is 28.9 Å². The molecule has 2 aliphatic carbocycles. The lowest BCUT2D eigenvalue weighted by Crippen LogP contribution is -2.19. The summed E-state index contributed by atoms with van der Waals surface area (Å²) >= 11 is 7.44. The van der Waals surface area contributed by atoms with Gasteiger partial charge in [0.25, 0.3) is 11.6 Å². The maximum Gasteiger partial charge on any atom is 0.278 e. The highest BCUT2D eigenvalue weighted by Gasteiger charge is 2.52. The maximum absolute atomic E-state index is 12.7. The van der Waals surface area contributed by atoms with Crippen molar-refractivity contribution < 1.29 is 9.72 Å². The first kappa shape index (κ1) is 15.0. The van der Waals surface area contributed by atoms with E-state index in [2.05, 4.69) is 37.0 Å². The van der Waals surface area contributed by atoms with Gasteiger partial charge in [0, 0.05) is 39.2 Å². The lowest BCUT2D eigenvalue weighted by molar-refractivity contribution is -0.384. The molecule has 118 valence electrons. The molecule has 2 bridgehead atoms. The second-order valence-corrected chi connectivity index (χ2v) is 8.07. The molecule has 1 unspecified atom stereocenters. The molecule has 0 amide bonds. The van der Waals surface area contributed by atoms with Gasteiger partial charge in [-0.25, -0.2) is 4.68 Å². The van der Waals surface area contributed by atoms with Crippen LogP contribution in [0, 0.1) is 10.1 Å². The molecule has 0 N–H and O–H groups in total. The lowest BCUT2D eigenvalue weighted by atomic mass is 9.98. The van der Waals surface area contributed by atoms with Gasteiger partial charge in [0.15, 0.2) is 0 Å². The number of carbonyl (C=O) groups excluding carboxylic acids is 1. The Bertz CT molecular complexity index is 818. The molecule has 8 heteroatoms. The Morgan fingerprint density at radius 3 is 2.65 bits per heavy atom. The standard InChI is InChI=1S/C15H11Br2N3O3/c16-11-5-9-13(17)12(11)10-6-18-19(14(9)10)15(21)7-1-3-8(4-2-7)20(22)23/h1-4,6,9,11-13H,5H2/t9-,11-,12+,13?/m1/s1. The Kier molecular flexibility index (Phi) is 3.42. The number of rotatable bonds is 2. The molecule has 1 aromatic carbocycles. The molecular weight excluding hydrogens is 430 g/mol. The van der Waals surface area contributed by atoms with Crippen LogP contribution in [0.1, 0.15) is 39.9 Å². The van der Waals surface area contributed by atoms with Gasteiger partial charge in [-0.1, -0.05) is 31.9 Å². The van der Waals surface area contributed by atoms with Gasteiger partial charge in [0.05, 0.1) is 16.8 Å². The van der Waals surface area contributed by atoms with E-state index in [4.69, 9.17) is 0 Å². The molecule has 1 saturated carbocycles. The highest BCUT2D eigenvalue weighted by molar-refractivity contribution is 9.10. The van der Waals surface area contributed by atoms with Crippen molar-refractivity contribution in [1.82, 2.24) is 9.78 Å². The van der Waals surface area contributed by atoms with Crippen LogP contribution >= 0.6 is 31.9 Å². The highest BCUT2D eigenvalue weighted by atomic mass is 79.9. The topological polar surface area (TPSA) is 78.0 Å². The van der Waals surface area contributed by atoms with E-state index in [1.54, 1.807) is 6.20 Å². The van der Waals surface area contributed by atoms with Crippen LogP contribution < -0.4 is 0 Å². The van der Waals surface area contributed by atoms with Crippen molar-refractivity contribution in [3.05, 3.63) is 57.4 Å². The maximum atomic E-state index is 12.7. The fraction of sp³-hybridized carbons (Fsp3) is 0.333. The monoisotopic (exact) mass is 439 g/mol. The number of benzene rings is 1. The minimum Gasteiger partial charge on any atom is -0.267 e. The highest BCUT2D eigenvalue weighted by Crippen LogP contribution is 2.58. The molecule has 2 aromatic rings. The summed E-state index contributed by atoms with van der Waals surface area (Å²) in [6.45, 7) is 0. The number of carbonyl (C=O) groups is 1. The predicted octanol–water partition coefficient (Wildman–Crippen LogP) is 3.59. The second kappa shape index (κ2) is 5.24. The van der Waals surface area contributed by atoms with Crippen LogP contribution in [0.2, 0.25) is 0 Å². The summed E-state index contributed by atoms with van der Waals surface area (Å²) in [4.78, 5) is 23.7. The zero-order valence-corrected chi connectivity index (χ0v) is 14.9. The van der Waals surface area contributed by atoms with E-state index >= 15 is 0 Å². The van der Waals surface area contributed by atoms with Crippen LogP contribution in [0.25, 0.3) is 0 Å². The summed E-state index contributed by atoms with van der Waals surface area (Å²) in [6.07, 6.45) is 2.73. The van der Waals surface area contributed by atoms with Crippen LogP contribution in [0.3, 0.4) is 0 Å². The van der Waals surface area contributed by atoms with Gasteiger partial charge in [0.2, 0.25) is 0 Å². The summed E-state index contributed by atoms with van der Waals surface area (Å²) in [5, 5.41) is 15.0. The number of aromatic nitrogens is 2. The number of nitrogens with zero attached hydrogens (tertiary/aromatic N) is 3. The van der Waals surface area contributed by atoms with Gasteiger partial charge in [-0.3, -0.25) is 14.9 Å². The Morgan fingerprint density at radius 2 is 2.00 bits per heavy atom. The first-order valence-corrected chi connectivity index (χ1v) is 8.97. The van der Waals surface area contributed by atoms with Gasteiger partial charge in [0.1, 0.15) is 0 Å². The van der Waals surface area contributed by atoms with Crippen LogP contribution in [0.4, 0.5) is 5.69 Å². The first-order valence-electron chi connectivity index (χ1n) is 7.14. The Balaban J connectivity index is 1.71. The van der Waals surface area contributed by atoms with Crippen LogP contribution in [0.5, 0.6) is 0 Å². The average Bonchev–Trinajstić information content (AvgIpc) is 3.15. The van der Waals surface area contributed by atoms with Gasteiger partial charge < -0.3 is 0 Å². The number of hydrogen-bond donors (Lipinski definition) is 0. The SMILES string of the molecule is O=C(c1ccc([N+](=O)[O-])cc1)n1ncc2c1[C@@H]1C[C@@H](Br)[C@H]2C1Br. The average molecular weight is 441 g/mol. The van der Waals surface area contributed by atoms with Gasteiger partial charge in [-0.15, -0.1) is 0 Å². The molecule has 6 nitrogen and oxygen atoms in total.